The molecule has 1 aliphatic heterocycles. The molecule has 0 aromatic carbocycles. The number of rotatable bonds is 4. The molecule has 0 aliphatic carbocycles. The topological polar surface area (TPSA) is 109 Å². The zero-order chi connectivity index (χ0) is 13.5. The molecule has 7 nitrogen and oxygen atoms in total. The summed E-state index contributed by atoms with van der Waals surface area (Å²) in [5.41, 5.74) is -1.54. The Morgan fingerprint density at radius 3 is 2.29 bits per heavy atom. The van der Waals surface area contributed by atoms with Crippen molar-refractivity contribution in [1.29, 1.82) is 0 Å². The lowest BCUT2D eigenvalue weighted by molar-refractivity contribution is -0.146. The van der Waals surface area contributed by atoms with E-state index in [2.05, 4.69) is 0 Å². The Balaban J connectivity index is 3.12. The van der Waals surface area contributed by atoms with Crippen molar-refractivity contribution in [3.05, 3.63) is 0 Å². The van der Waals surface area contributed by atoms with E-state index in [1.807, 2.05) is 0 Å². The standard InChI is InChI=1S/C8H15NO6S2/c1-8(7(10)11)4-3-5-9(8)17(14,15)6-16(2,12)13/h3-6H2,1-2H3,(H,10,11). The molecule has 17 heavy (non-hydrogen) atoms. The van der Waals surface area contributed by atoms with Crippen molar-refractivity contribution in [2.45, 2.75) is 25.3 Å². The Bertz CT molecular complexity index is 522. The van der Waals surface area contributed by atoms with Crippen molar-refractivity contribution in [2.24, 2.45) is 0 Å². The molecule has 0 saturated carbocycles. The van der Waals surface area contributed by atoms with E-state index in [-0.39, 0.29) is 13.0 Å². The Hall–Kier alpha value is -0.670. The second-order valence-electron chi connectivity index (χ2n) is 4.41. The van der Waals surface area contributed by atoms with Crippen LogP contribution in [0.25, 0.3) is 0 Å². The molecule has 100 valence electrons. The van der Waals surface area contributed by atoms with E-state index < -0.39 is 36.5 Å². The van der Waals surface area contributed by atoms with Crippen LogP contribution >= 0.6 is 0 Å². The van der Waals surface area contributed by atoms with Crippen LogP contribution in [0.5, 0.6) is 0 Å². The molecule has 0 radical (unpaired) electrons. The molecule has 0 amide bonds. The largest absolute Gasteiger partial charge is 0.480 e. The molecular formula is C8H15NO6S2. The summed E-state index contributed by atoms with van der Waals surface area (Å²) >= 11 is 0. The molecule has 1 saturated heterocycles. The van der Waals surface area contributed by atoms with Crippen molar-refractivity contribution < 1.29 is 26.7 Å². The van der Waals surface area contributed by atoms with E-state index in [4.69, 9.17) is 5.11 Å². The van der Waals surface area contributed by atoms with E-state index in [0.717, 1.165) is 10.6 Å². The minimum atomic E-state index is -4.11. The molecule has 0 aromatic rings. The number of hydrogen-bond acceptors (Lipinski definition) is 5. The van der Waals surface area contributed by atoms with Crippen molar-refractivity contribution >= 4 is 25.8 Å². The van der Waals surface area contributed by atoms with E-state index in [1.54, 1.807) is 0 Å². The Morgan fingerprint density at radius 1 is 1.35 bits per heavy atom. The third-order valence-corrected chi connectivity index (χ3v) is 6.90. The molecule has 0 aromatic heterocycles. The highest BCUT2D eigenvalue weighted by molar-refractivity contribution is 8.06. The lowest BCUT2D eigenvalue weighted by Crippen LogP contribution is -2.51. The van der Waals surface area contributed by atoms with Gasteiger partial charge in [-0.3, -0.25) is 4.79 Å². The van der Waals surface area contributed by atoms with Gasteiger partial charge in [0.2, 0.25) is 10.0 Å². The SMILES string of the molecule is CC1(C(=O)O)CCCN1S(=O)(=O)CS(C)(=O)=O. The summed E-state index contributed by atoms with van der Waals surface area (Å²) in [6.45, 7) is 1.34. The van der Waals surface area contributed by atoms with Gasteiger partial charge in [-0.2, -0.15) is 4.31 Å². The fraction of sp³-hybridized carbons (Fsp3) is 0.875. The van der Waals surface area contributed by atoms with Crippen molar-refractivity contribution in [3.63, 3.8) is 0 Å². The summed E-state index contributed by atoms with van der Waals surface area (Å²) in [7, 11) is -7.82. The van der Waals surface area contributed by atoms with Gasteiger partial charge in [0.15, 0.2) is 14.9 Å². The van der Waals surface area contributed by atoms with E-state index >= 15 is 0 Å². The van der Waals surface area contributed by atoms with Gasteiger partial charge in [0.1, 0.15) is 5.54 Å². The number of sulfone groups is 1. The summed E-state index contributed by atoms with van der Waals surface area (Å²) in [5.74, 6) is -1.26. The van der Waals surface area contributed by atoms with Gasteiger partial charge in [-0.05, 0) is 19.8 Å². The zero-order valence-electron chi connectivity index (χ0n) is 9.58. The van der Waals surface area contributed by atoms with Crippen LogP contribution < -0.4 is 0 Å². The molecule has 0 bridgehead atoms. The van der Waals surface area contributed by atoms with Gasteiger partial charge in [-0.15, -0.1) is 0 Å². The van der Waals surface area contributed by atoms with Crippen LogP contribution in [-0.4, -0.2) is 55.6 Å². The van der Waals surface area contributed by atoms with Crippen LogP contribution in [0.4, 0.5) is 0 Å². The third kappa shape index (κ3) is 2.96. The van der Waals surface area contributed by atoms with Gasteiger partial charge in [-0.1, -0.05) is 0 Å². The number of aliphatic carboxylic acids is 1. The normalized spacial score (nSPS) is 27.2. The molecular weight excluding hydrogens is 270 g/mol. The maximum atomic E-state index is 11.9. The average molecular weight is 285 g/mol. The lowest BCUT2D eigenvalue weighted by Gasteiger charge is -2.29. The van der Waals surface area contributed by atoms with Crippen molar-refractivity contribution in [1.82, 2.24) is 4.31 Å². The second-order valence-corrected chi connectivity index (χ2v) is 8.81. The highest BCUT2D eigenvalue weighted by atomic mass is 32.3. The number of hydrogen-bond donors (Lipinski definition) is 1. The molecule has 1 unspecified atom stereocenters. The van der Waals surface area contributed by atoms with E-state index in [1.165, 1.54) is 6.92 Å². The van der Waals surface area contributed by atoms with Crippen molar-refractivity contribution in [3.8, 4) is 0 Å². The van der Waals surface area contributed by atoms with Gasteiger partial charge >= 0.3 is 5.97 Å². The molecule has 1 rings (SSSR count). The Morgan fingerprint density at radius 2 is 1.88 bits per heavy atom. The highest BCUT2D eigenvalue weighted by Gasteiger charge is 2.49. The summed E-state index contributed by atoms with van der Waals surface area (Å²) in [6.07, 6.45) is 1.40. The molecule has 0 spiro atoms. The monoisotopic (exact) mass is 285 g/mol. The average Bonchev–Trinajstić information content (AvgIpc) is 2.44. The van der Waals surface area contributed by atoms with Crippen LogP contribution in [0, 0.1) is 0 Å². The number of carbonyl (C=O) groups is 1. The predicted octanol–water partition coefficient (Wildman–Crippen LogP) is -0.743. The fourth-order valence-electron chi connectivity index (χ4n) is 1.93. The first kappa shape index (κ1) is 14.4. The van der Waals surface area contributed by atoms with Crippen molar-refractivity contribution in [2.75, 3.05) is 17.9 Å². The second kappa shape index (κ2) is 4.21. The first-order valence-electron chi connectivity index (χ1n) is 4.91. The van der Waals surface area contributed by atoms with Crippen LogP contribution in [0.3, 0.4) is 0 Å². The molecule has 1 aliphatic rings. The summed E-state index contributed by atoms with van der Waals surface area (Å²) < 4.78 is 46.5. The Kier molecular flexibility index (Phi) is 3.57. The van der Waals surface area contributed by atoms with Crippen LogP contribution in [-0.2, 0) is 24.7 Å². The number of sulfonamides is 1. The minimum Gasteiger partial charge on any atom is -0.480 e. The number of carboxylic acids is 1. The summed E-state index contributed by atoms with van der Waals surface area (Å²) in [4.78, 5) is 11.1. The first-order valence-corrected chi connectivity index (χ1v) is 8.58. The zero-order valence-corrected chi connectivity index (χ0v) is 11.2. The van der Waals surface area contributed by atoms with Gasteiger partial charge in [-0.25, -0.2) is 16.8 Å². The summed E-state index contributed by atoms with van der Waals surface area (Å²) in [6, 6.07) is 0. The number of carboxylic acid groups (broad SMARTS) is 1. The smallest absolute Gasteiger partial charge is 0.324 e. The number of nitrogens with zero attached hydrogens (tertiary/aromatic N) is 1. The third-order valence-electron chi connectivity index (χ3n) is 2.73. The summed E-state index contributed by atoms with van der Waals surface area (Å²) in [5, 5.41) is 8.00. The maximum absolute atomic E-state index is 11.9. The van der Waals surface area contributed by atoms with Crippen LogP contribution in [0.1, 0.15) is 19.8 Å². The molecule has 1 fully saturated rings. The predicted molar refractivity (Wildman–Crippen MR) is 60.6 cm³/mol. The maximum Gasteiger partial charge on any atom is 0.324 e. The molecule has 1 atom stereocenters. The van der Waals surface area contributed by atoms with Crippen LogP contribution in [0.2, 0.25) is 0 Å². The quantitative estimate of drug-likeness (QED) is 0.728. The van der Waals surface area contributed by atoms with Gasteiger partial charge < -0.3 is 5.11 Å². The first-order chi connectivity index (χ1) is 7.49. The minimum absolute atomic E-state index is 0.0423. The van der Waals surface area contributed by atoms with Gasteiger partial charge in [0.25, 0.3) is 0 Å². The highest BCUT2D eigenvalue weighted by Crippen LogP contribution is 2.32. The Labute approximate surface area is 100 Å². The molecule has 1 N–H and O–H groups in total. The fourth-order valence-corrected chi connectivity index (χ4v) is 5.80. The lowest BCUT2D eigenvalue weighted by atomic mass is 10.0. The van der Waals surface area contributed by atoms with E-state index in [9.17, 15) is 21.6 Å². The van der Waals surface area contributed by atoms with Gasteiger partial charge in [0.05, 0.1) is 0 Å². The van der Waals surface area contributed by atoms with E-state index in [0.29, 0.717) is 6.42 Å². The van der Waals surface area contributed by atoms with Crippen LogP contribution in [0.15, 0.2) is 0 Å². The molecule has 9 heteroatoms. The van der Waals surface area contributed by atoms with Gasteiger partial charge in [0, 0.05) is 12.8 Å². The molecule has 1 heterocycles.